The quantitative estimate of drug-likeness (QED) is 0.169. The molecule has 21 heavy (non-hydrogen) atoms. The van der Waals surface area contributed by atoms with Crippen molar-refractivity contribution in [1.82, 2.24) is 0 Å². The largest absolute Gasteiger partial charge is 0.379 e. The summed E-state index contributed by atoms with van der Waals surface area (Å²) in [5.41, 5.74) is 0. The molecule has 2 nitrogen and oxygen atoms in total. The molecular weight excluding hydrogens is 464 g/mol. The van der Waals surface area contributed by atoms with Gasteiger partial charge < -0.3 is 9.47 Å². The summed E-state index contributed by atoms with van der Waals surface area (Å²) in [5, 5.41) is 0. The number of hydrogen-bond acceptors (Lipinski definition) is 2. The van der Waals surface area contributed by atoms with Crippen LogP contribution in [0.1, 0.15) is 64.7 Å². The van der Waals surface area contributed by atoms with E-state index < -0.39 is 0 Å². The predicted molar refractivity (Wildman–Crippen MR) is 101 cm³/mol. The smallest absolute Gasteiger partial charge is 0.137 e. The first-order valence-corrected chi connectivity index (χ1v) is 10.7. The normalized spacial score (nSPS) is 19.7. The molecule has 0 aromatic carbocycles. The van der Waals surface area contributed by atoms with Crippen molar-refractivity contribution >= 4 is 47.8 Å². The Morgan fingerprint density at radius 2 is 1.67 bits per heavy atom. The van der Waals surface area contributed by atoms with Crippen molar-refractivity contribution < 1.29 is 9.47 Å². The molecule has 0 aromatic heterocycles. The zero-order chi connectivity index (χ0) is 15.6. The lowest BCUT2D eigenvalue weighted by Crippen LogP contribution is -2.18. The average molecular weight is 493 g/mol. The monoisotopic (exact) mass is 490 g/mol. The lowest BCUT2D eigenvalue weighted by Gasteiger charge is -2.25. The van der Waals surface area contributed by atoms with Crippen LogP contribution in [-0.2, 0) is 9.47 Å². The first kappa shape index (κ1) is 20.4. The van der Waals surface area contributed by atoms with Gasteiger partial charge in [-0.15, -0.1) is 0 Å². The number of ether oxygens (including phenoxy) is 2. The van der Waals surface area contributed by atoms with Crippen LogP contribution in [0.2, 0.25) is 0 Å². The Labute approximate surface area is 155 Å². The highest BCUT2D eigenvalue weighted by Gasteiger charge is 2.29. The van der Waals surface area contributed by atoms with Gasteiger partial charge in [0, 0.05) is 6.61 Å². The van der Waals surface area contributed by atoms with E-state index in [4.69, 9.17) is 9.47 Å². The number of alkyl halides is 3. The number of rotatable bonds is 13. The second-order valence-electron chi connectivity index (χ2n) is 5.97. The standard InChI is InChI=1S/C16H29Br3O2/c1-2-3-4-5-6-7-9-14(16(17,18)19)10-8-11-20-12-15-13-21-15/h14-15H,2-13H2,1H3. The minimum absolute atomic E-state index is 0.129. The van der Waals surface area contributed by atoms with E-state index in [0.717, 1.165) is 26.2 Å². The summed E-state index contributed by atoms with van der Waals surface area (Å²) in [6.07, 6.45) is 12.0. The van der Waals surface area contributed by atoms with Gasteiger partial charge >= 0.3 is 0 Å². The molecule has 0 spiro atoms. The van der Waals surface area contributed by atoms with Gasteiger partial charge in [0.05, 0.1) is 13.2 Å². The molecule has 1 aliphatic rings. The van der Waals surface area contributed by atoms with Crippen molar-refractivity contribution in [1.29, 1.82) is 0 Å². The molecule has 0 saturated carbocycles. The first-order chi connectivity index (χ1) is 10.0. The van der Waals surface area contributed by atoms with Crippen molar-refractivity contribution in [3.05, 3.63) is 0 Å². The topological polar surface area (TPSA) is 21.8 Å². The summed E-state index contributed by atoms with van der Waals surface area (Å²) in [7, 11) is 0. The van der Waals surface area contributed by atoms with E-state index in [0.29, 0.717) is 12.0 Å². The molecule has 1 fully saturated rings. The molecule has 0 N–H and O–H groups in total. The summed E-state index contributed by atoms with van der Waals surface area (Å²) in [5.74, 6) is 0.587. The van der Waals surface area contributed by atoms with Crippen LogP contribution in [-0.4, -0.2) is 28.1 Å². The summed E-state index contributed by atoms with van der Waals surface area (Å²) in [6.45, 7) is 4.76. The third kappa shape index (κ3) is 11.5. The van der Waals surface area contributed by atoms with Crippen molar-refractivity contribution in [2.45, 2.75) is 73.0 Å². The first-order valence-electron chi connectivity index (χ1n) is 8.30. The van der Waals surface area contributed by atoms with Gasteiger partial charge in [-0.2, -0.15) is 0 Å². The van der Waals surface area contributed by atoms with Gasteiger partial charge in [0.1, 0.15) is 8.25 Å². The second-order valence-corrected chi connectivity index (χ2v) is 12.9. The maximum atomic E-state index is 5.62. The second kappa shape index (κ2) is 11.8. The van der Waals surface area contributed by atoms with E-state index in [1.165, 1.54) is 51.4 Å². The highest BCUT2D eigenvalue weighted by molar-refractivity contribution is 9.39. The lowest BCUT2D eigenvalue weighted by molar-refractivity contribution is 0.110. The minimum Gasteiger partial charge on any atom is -0.379 e. The summed E-state index contributed by atoms with van der Waals surface area (Å²) in [6, 6.07) is 0. The number of halogens is 3. The Morgan fingerprint density at radius 1 is 1.05 bits per heavy atom. The Kier molecular flexibility index (Phi) is 11.5. The van der Waals surface area contributed by atoms with Crippen molar-refractivity contribution in [3.63, 3.8) is 0 Å². The van der Waals surface area contributed by atoms with E-state index in [-0.39, 0.29) is 2.14 Å². The van der Waals surface area contributed by atoms with Gasteiger partial charge in [-0.3, -0.25) is 0 Å². The van der Waals surface area contributed by atoms with Crippen LogP contribution in [0.3, 0.4) is 0 Å². The van der Waals surface area contributed by atoms with Crippen LogP contribution in [0.5, 0.6) is 0 Å². The molecule has 0 aliphatic carbocycles. The van der Waals surface area contributed by atoms with Gasteiger partial charge in [-0.1, -0.05) is 93.2 Å². The molecule has 5 heteroatoms. The van der Waals surface area contributed by atoms with Gasteiger partial charge in [0.2, 0.25) is 0 Å². The van der Waals surface area contributed by atoms with Gasteiger partial charge in [-0.25, -0.2) is 0 Å². The molecule has 1 heterocycles. The number of hydrogen-bond donors (Lipinski definition) is 0. The van der Waals surface area contributed by atoms with Gasteiger partial charge in [-0.05, 0) is 25.2 Å². The molecule has 0 aromatic rings. The zero-order valence-corrected chi connectivity index (χ0v) is 17.8. The molecule has 126 valence electrons. The van der Waals surface area contributed by atoms with Crippen LogP contribution in [0.4, 0.5) is 0 Å². The Bertz CT molecular complexity index is 252. The Balaban J connectivity index is 2.06. The van der Waals surface area contributed by atoms with Crippen LogP contribution in [0.15, 0.2) is 0 Å². The summed E-state index contributed by atoms with van der Waals surface area (Å²) >= 11 is 11.1. The molecule has 0 amide bonds. The van der Waals surface area contributed by atoms with E-state index in [1.54, 1.807) is 0 Å². The third-order valence-corrected chi connectivity index (χ3v) is 5.86. The molecule has 1 saturated heterocycles. The fourth-order valence-corrected chi connectivity index (χ4v) is 3.83. The fraction of sp³-hybridized carbons (Fsp3) is 1.00. The van der Waals surface area contributed by atoms with Crippen LogP contribution in [0, 0.1) is 5.92 Å². The SMILES string of the molecule is CCCCCCCCC(CCCOCC1CO1)C(Br)(Br)Br. The van der Waals surface area contributed by atoms with E-state index in [2.05, 4.69) is 54.7 Å². The van der Waals surface area contributed by atoms with Gasteiger partial charge in [0.25, 0.3) is 0 Å². The zero-order valence-electron chi connectivity index (χ0n) is 13.1. The van der Waals surface area contributed by atoms with E-state index in [9.17, 15) is 0 Å². The fourth-order valence-electron chi connectivity index (χ4n) is 2.45. The Hall–Kier alpha value is 1.36. The van der Waals surface area contributed by atoms with E-state index >= 15 is 0 Å². The van der Waals surface area contributed by atoms with Crippen molar-refractivity contribution in [2.24, 2.45) is 5.92 Å². The maximum Gasteiger partial charge on any atom is 0.137 e. The Morgan fingerprint density at radius 3 is 2.29 bits per heavy atom. The van der Waals surface area contributed by atoms with Crippen LogP contribution < -0.4 is 0 Å². The third-order valence-electron chi connectivity index (χ3n) is 3.92. The summed E-state index contributed by atoms with van der Waals surface area (Å²) < 4.78 is 10.6. The highest BCUT2D eigenvalue weighted by atomic mass is 80.0. The summed E-state index contributed by atoms with van der Waals surface area (Å²) in [4.78, 5) is 0. The van der Waals surface area contributed by atoms with Crippen LogP contribution in [0.25, 0.3) is 0 Å². The maximum absolute atomic E-state index is 5.62. The molecular formula is C16H29Br3O2. The van der Waals surface area contributed by atoms with Crippen LogP contribution >= 0.6 is 47.8 Å². The molecule has 0 radical (unpaired) electrons. The molecule has 2 unspecified atom stereocenters. The van der Waals surface area contributed by atoms with E-state index in [1.807, 2.05) is 0 Å². The highest BCUT2D eigenvalue weighted by Crippen LogP contribution is 2.45. The predicted octanol–water partition coefficient (Wildman–Crippen LogP) is 6.39. The van der Waals surface area contributed by atoms with Crippen molar-refractivity contribution in [2.75, 3.05) is 19.8 Å². The lowest BCUT2D eigenvalue weighted by atomic mass is 9.97. The molecule has 1 aliphatic heterocycles. The molecule has 2 atom stereocenters. The molecule has 1 rings (SSSR count). The average Bonchev–Trinajstić information content (AvgIpc) is 3.22. The molecule has 0 bridgehead atoms. The van der Waals surface area contributed by atoms with Gasteiger partial charge in [0.15, 0.2) is 0 Å². The number of unbranched alkanes of at least 4 members (excludes halogenated alkanes) is 5. The minimum atomic E-state index is -0.129. The van der Waals surface area contributed by atoms with Crippen molar-refractivity contribution in [3.8, 4) is 0 Å². The number of epoxide rings is 1.